The third kappa shape index (κ3) is 3.38. The average Bonchev–Trinajstić information content (AvgIpc) is 3.05. The van der Waals surface area contributed by atoms with Crippen LogP contribution in [-0.2, 0) is 0 Å². The molecule has 21 heavy (non-hydrogen) atoms. The minimum atomic E-state index is -0.245. The van der Waals surface area contributed by atoms with E-state index in [4.69, 9.17) is 10.9 Å². The first-order valence-corrected chi connectivity index (χ1v) is 6.53. The van der Waals surface area contributed by atoms with Crippen molar-refractivity contribution in [3.05, 3.63) is 53.6 Å². The van der Waals surface area contributed by atoms with Gasteiger partial charge in [-0.15, -0.1) is 0 Å². The van der Waals surface area contributed by atoms with Gasteiger partial charge in [-0.05, 0) is 18.6 Å². The van der Waals surface area contributed by atoms with Crippen molar-refractivity contribution in [1.82, 2.24) is 15.3 Å². The van der Waals surface area contributed by atoms with Crippen molar-refractivity contribution >= 4 is 11.7 Å². The second kappa shape index (κ2) is 6.56. The number of imidazole rings is 1. The SMILES string of the molecule is CCC(NC(=O)c1cccc(/C(N)=N/O)c1)c1ncc[nH]1. The summed E-state index contributed by atoms with van der Waals surface area (Å²) in [7, 11) is 0. The number of aromatic nitrogens is 2. The summed E-state index contributed by atoms with van der Waals surface area (Å²) >= 11 is 0. The number of hydrogen-bond donors (Lipinski definition) is 4. The number of rotatable bonds is 5. The molecule has 0 aliphatic heterocycles. The summed E-state index contributed by atoms with van der Waals surface area (Å²) < 4.78 is 0. The lowest BCUT2D eigenvalue weighted by molar-refractivity contribution is 0.0934. The van der Waals surface area contributed by atoms with E-state index >= 15 is 0 Å². The van der Waals surface area contributed by atoms with Crippen LogP contribution in [0.15, 0.2) is 41.8 Å². The molecular weight excluding hydrogens is 270 g/mol. The lowest BCUT2D eigenvalue weighted by atomic mass is 10.1. The molecule has 0 bridgehead atoms. The summed E-state index contributed by atoms with van der Waals surface area (Å²) in [5.74, 6) is 0.423. The molecule has 0 aliphatic carbocycles. The molecule has 1 amide bonds. The Morgan fingerprint density at radius 3 is 2.90 bits per heavy atom. The minimum Gasteiger partial charge on any atom is -0.409 e. The number of amides is 1. The largest absolute Gasteiger partial charge is 0.409 e. The molecule has 0 spiro atoms. The molecule has 1 heterocycles. The highest BCUT2D eigenvalue weighted by atomic mass is 16.4. The van der Waals surface area contributed by atoms with E-state index in [0.29, 0.717) is 23.4 Å². The standard InChI is InChI=1S/C14H17N5O2/c1-2-11(13-16-6-7-17-13)18-14(20)10-5-3-4-9(8-10)12(15)19-21/h3-8,11,21H,2H2,1H3,(H2,15,19)(H,16,17)(H,18,20). The molecular formula is C14H17N5O2. The maximum atomic E-state index is 12.3. The van der Waals surface area contributed by atoms with Crippen molar-refractivity contribution in [2.75, 3.05) is 0 Å². The van der Waals surface area contributed by atoms with Crippen LogP contribution >= 0.6 is 0 Å². The fraction of sp³-hybridized carbons (Fsp3) is 0.214. The summed E-state index contributed by atoms with van der Waals surface area (Å²) in [5, 5.41) is 14.5. The van der Waals surface area contributed by atoms with Crippen LogP contribution in [0.1, 0.15) is 41.1 Å². The molecule has 0 fully saturated rings. The first-order chi connectivity index (χ1) is 10.2. The van der Waals surface area contributed by atoms with E-state index in [1.54, 1.807) is 36.7 Å². The van der Waals surface area contributed by atoms with Crippen LogP contribution in [0.2, 0.25) is 0 Å². The third-order valence-corrected chi connectivity index (χ3v) is 3.09. The van der Waals surface area contributed by atoms with Gasteiger partial charge in [0.25, 0.3) is 5.91 Å². The van der Waals surface area contributed by atoms with Crippen molar-refractivity contribution < 1.29 is 10.0 Å². The maximum Gasteiger partial charge on any atom is 0.251 e. The van der Waals surface area contributed by atoms with Crippen LogP contribution in [0.25, 0.3) is 0 Å². The van der Waals surface area contributed by atoms with Crippen LogP contribution in [0.5, 0.6) is 0 Å². The molecule has 0 aliphatic rings. The molecule has 1 atom stereocenters. The van der Waals surface area contributed by atoms with Crippen LogP contribution in [0, 0.1) is 0 Å². The van der Waals surface area contributed by atoms with Crippen molar-refractivity contribution in [2.45, 2.75) is 19.4 Å². The zero-order chi connectivity index (χ0) is 15.2. The smallest absolute Gasteiger partial charge is 0.251 e. The molecule has 1 aromatic carbocycles. The zero-order valence-electron chi connectivity index (χ0n) is 11.6. The number of carbonyl (C=O) groups excluding carboxylic acids is 1. The van der Waals surface area contributed by atoms with Crippen LogP contribution in [0.4, 0.5) is 0 Å². The van der Waals surface area contributed by atoms with E-state index in [1.807, 2.05) is 6.92 Å². The second-order valence-electron chi connectivity index (χ2n) is 4.47. The number of carbonyl (C=O) groups is 1. The summed E-state index contributed by atoms with van der Waals surface area (Å²) in [6.07, 6.45) is 4.06. The molecule has 0 radical (unpaired) electrons. The van der Waals surface area contributed by atoms with E-state index in [0.717, 1.165) is 0 Å². The second-order valence-corrected chi connectivity index (χ2v) is 4.47. The zero-order valence-corrected chi connectivity index (χ0v) is 11.6. The molecule has 1 aromatic heterocycles. The lowest BCUT2D eigenvalue weighted by Crippen LogP contribution is -2.29. The van der Waals surface area contributed by atoms with Crippen molar-refractivity contribution in [1.29, 1.82) is 0 Å². The van der Waals surface area contributed by atoms with Gasteiger partial charge < -0.3 is 21.2 Å². The Labute approximate surface area is 121 Å². The van der Waals surface area contributed by atoms with Gasteiger partial charge in [0.1, 0.15) is 5.82 Å². The Balaban J connectivity index is 2.16. The first-order valence-electron chi connectivity index (χ1n) is 6.53. The van der Waals surface area contributed by atoms with E-state index in [2.05, 4.69) is 20.4 Å². The number of aromatic amines is 1. The molecule has 0 saturated heterocycles. The highest BCUT2D eigenvalue weighted by Gasteiger charge is 2.16. The van der Waals surface area contributed by atoms with Gasteiger partial charge in [0.2, 0.25) is 0 Å². The number of benzene rings is 1. The van der Waals surface area contributed by atoms with E-state index in [9.17, 15) is 4.79 Å². The Bertz CT molecular complexity index is 637. The Morgan fingerprint density at radius 1 is 1.52 bits per heavy atom. The number of hydrogen-bond acceptors (Lipinski definition) is 4. The van der Waals surface area contributed by atoms with Crippen molar-refractivity contribution in [3.63, 3.8) is 0 Å². The predicted octanol–water partition coefficient (Wildman–Crippen LogP) is 1.39. The molecule has 2 aromatic rings. The molecule has 7 heteroatoms. The van der Waals surface area contributed by atoms with Crippen molar-refractivity contribution in [3.8, 4) is 0 Å². The minimum absolute atomic E-state index is 0.0391. The lowest BCUT2D eigenvalue weighted by Gasteiger charge is -2.15. The highest BCUT2D eigenvalue weighted by Crippen LogP contribution is 2.13. The average molecular weight is 287 g/mol. The number of nitrogens with two attached hydrogens (primary N) is 1. The number of oxime groups is 1. The fourth-order valence-electron chi connectivity index (χ4n) is 1.95. The molecule has 2 rings (SSSR count). The Kier molecular flexibility index (Phi) is 4.55. The maximum absolute atomic E-state index is 12.3. The summed E-state index contributed by atoms with van der Waals surface area (Å²) in [6, 6.07) is 6.38. The van der Waals surface area contributed by atoms with E-state index in [-0.39, 0.29) is 17.8 Å². The number of amidine groups is 1. The van der Waals surface area contributed by atoms with Gasteiger partial charge in [-0.3, -0.25) is 4.79 Å². The van der Waals surface area contributed by atoms with Gasteiger partial charge in [0, 0.05) is 23.5 Å². The third-order valence-electron chi connectivity index (χ3n) is 3.09. The van der Waals surface area contributed by atoms with Gasteiger partial charge in [-0.25, -0.2) is 4.98 Å². The van der Waals surface area contributed by atoms with E-state index < -0.39 is 0 Å². The predicted molar refractivity (Wildman–Crippen MR) is 78.0 cm³/mol. The van der Waals surface area contributed by atoms with Crippen LogP contribution < -0.4 is 11.1 Å². The molecule has 110 valence electrons. The normalized spacial score (nSPS) is 12.9. The number of H-pyrrole nitrogens is 1. The number of nitrogens with one attached hydrogen (secondary N) is 2. The van der Waals surface area contributed by atoms with E-state index in [1.165, 1.54) is 0 Å². The quantitative estimate of drug-likeness (QED) is 0.288. The van der Waals surface area contributed by atoms with Gasteiger partial charge >= 0.3 is 0 Å². The molecule has 0 saturated carbocycles. The molecule has 7 nitrogen and oxygen atoms in total. The van der Waals surface area contributed by atoms with Crippen LogP contribution in [0.3, 0.4) is 0 Å². The monoisotopic (exact) mass is 287 g/mol. The van der Waals surface area contributed by atoms with Gasteiger partial charge in [-0.2, -0.15) is 0 Å². The summed E-state index contributed by atoms with van der Waals surface area (Å²) in [6.45, 7) is 1.96. The Morgan fingerprint density at radius 2 is 2.29 bits per heavy atom. The molecule has 1 unspecified atom stereocenters. The van der Waals surface area contributed by atoms with Gasteiger partial charge in [0.05, 0.1) is 6.04 Å². The van der Waals surface area contributed by atoms with Crippen molar-refractivity contribution in [2.24, 2.45) is 10.9 Å². The topological polar surface area (TPSA) is 116 Å². The highest BCUT2D eigenvalue weighted by molar-refractivity contribution is 6.01. The molecule has 5 N–H and O–H groups in total. The van der Waals surface area contributed by atoms with Gasteiger partial charge in [0.15, 0.2) is 5.84 Å². The Hall–Kier alpha value is -2.83. The summed E-state index contributed by atoms with van der Waals surface area (Å²) in [4.78, 5) is 19.4. The number of nitrogens with zero attached hydrogens (tertiary/aromatic N) is 2. The fourth-order valence-corrected chi connectivity index (χ4v) is 1.95. The summed E-state index contributed by atoms with van der Waals surface area (Å²) in [5.41, 5.74) is 6.44. The van der Waals surface area contributed by atoms with Gasteiger partial charge in [-0.1, -0.05) is 24.2 Å². The van der Waals surface area contributed by atoms with Crippen LogP contribution in [-0.4, -0.2) is 26.9 Å². The first kappa shape index (κ1) is 14.6.